The molecule has 0 spiro atoms. The SMILES string of the molecule is CCc1ccc(C(=O)C2=C(C(F)(F)F)Nc3ncnn3[C@H]2c2ccc(Cl)cc2)s1. The van der Waals surface area contributed by atoms with Crippen LogP contribution in [0, 0.1) is 0 Å². The number of hydrogen-bond donors (Lipinski definition) is 1. The highest BCUT2D eigenvalue weighted by Gasteiger charge is 2.46. The van der Waals surface area contributed by atoms with Crippen LogP contribution in [0.2, 0.25) is 5.02 Å². The van der Waals surface area contributed by atoms with Crippen LogP contribution in [-0.4, -0.2) is 26.7 Å². The maximum Gasteiger partial charge on any atom is 0.431 e. The second kappa shape index (κ2) is 7.31. The molecule has 150 valence electrons. The molecule has 1 aromatic carbocycles. The summed E-state index contributed by atoms with van der Waals surface area (Å²) in [6, 6.07) is 8.50. The van der Waals surface area contributed by atoms with Gasteiger partial charge in [-0.05, 0) is 36.2 Å². The predicted octanol–water partition coefficient (Wildman–Crippen LogP) is 5.27. The van der Waals surface area contributed by atoms with Gasteiger partial charge in [-0.1, -0.05) is 30.7 Å². The zero-order chi connectivity index (χ0) is 20.8. The Bertz CT molecular complexity index is 1100. The van der Waals surface area contributed by atoms with Gasteiger partial charge in [0.15, 0.2) is 0 Å². The molecule has 1 aliphatic rings. The van der Waals surface area contributed by atoms with Crippen LogP contribution in [0.25, 0.3) is 0 Å². The molecule has 3 aromatic rings. The van der Waals surface area contributed by atoms with Crippen molar-refractivity contribution >= 4 is 34.7 Å². The summed E-state index contributed by atoms with van der Waals surface area (Å²) in [4.78, 5) is 18.3. The fourth-order valence-corrected chi connectivity index (χ4v) is 4.23. The molecule has 0 bridgehead atoms. The molecule has 0 saturated heterocycles. The highest BCUT2D eigenvalue weighted by atomic mass is 35.5. The van der Waals surface area contributed by atoms with Gasteiger partial charge in [-0.15, -0.1) is 11.3 Å². The number of aromatic nitrogens is 3. The van der Waals surface area contributed by atoms with Gasteiger partial charge in [0.25, 0.3) is 0 Å². The van der Waals surface area contributed by atoms with Crippen LogP contribution in [-0.2, 0) is 6.42 Å². The van der Waals surface area contributed by atoms with E-state index in [1.807, 2.05) is 6.92 Å². The quantitative estimate of drug-likeness (QED) is 0.564. The number of ketones is 1. The van der Waals surface area contributed by atoms with E-state index in [-0.39, 0.29) is 10.8 Å². The van der Waals surface area contributed by atoms with Gasteiger partial charge in [-0.25, -0.2) is 4.68 Å². The number of thiophene rings is 1. The average molecular weight is 439 g/mol. The number of allylic oxidation sites excluding steroid dienone is 2. The lowest BCUT2D eigenvalue weighted by Gasteiger charge is -2.30. The Balaban J connectivity index is 1.94. The largest absolute Gasteiger partial charge is 0.431 e. The number of carbonyl (C=O) groups is 1. The highest BCUT2D eigenvalue weighted by molar-refractivity contribution is 7.14. The Kier molecular flexibility index (Phi) is 4.95. The topological polar surface area (TPSA) is 59.8 Å². The van der Waals surface area contributed by atoms with Crippen LogP contribution >= 0.6 is 22.9 Å². The average Bonchev–Trinajstić information content (AvgIpc) is 3.35. The summed E-state index contributed by atoms with van der Waals surface area (Å²) < 4.78 is 43.1. The number of Topliss-reactive ketones (excluding diaryl/α,β-unsaturated/α-hetero) is 1. The molecule has 0 amide bonds. The molecule has 29 heavy (non-hydrogen) atoms. The number of carbonyl (C=O) groups excluding carboxylic acids is 1. The van der Waals surface area contributed by atoms with Crippen LogP contribution in [0.15, 0.2) is 54.0 Å². The minimum atomic E-state index is -4.78. The fraction of sp³-hybridized carbons (Fsp3) is 0.211. The minimum absolute atomic E-state index is 0.0887. The second-order valence-electron chi connectivity index (χ2n) is 6.34. The monoisotopic (exact) mass is 438 g/mol. The second-order valence-corrected chi connectivity index (χ2v) is 7.95. The van der Waals surface area contributed by atoms with Gasteiger partial charge in [0.2, 0.25) is 11.7 Å². The first-order chi connectivity index (χ1) is 13.8. The molecule has 0 fully saturated rings. The maximum atomic E-state index is 13.9. The Hall–Kier alpha value is -2.65. The smallest absolute Gasteiger partial charge is 0.320 e. The molecule has 2 aromatic heterocycles. The lowest BCUT2D eigenvalue weighted by atomic mass is 9.91. The van der Waals surface area contributed by atoms with Crippen LogP contribution in [0.5, 0.6) is 0 Å². The molecule has 5 nitrogen and oxygen atoms in total. The van der Waals surface area contributed by atoms with Gasteiger partial charge in [-0.2, -0.15) is 23.3 Å². The van der Waals surface area contributed by atoms with Gasteiger partial charge in [0.1, 0.15) is 18.1 Å². The summed E-state index contributed by atoms with van der Waals surface area (Å²) in [6.45, 7) is 1.92. The Morgan fingerprint density at radius 1 is 1.24 bits per heavy atom. The number of alkyl halides is 3. The van der Waals surface area contributed by atoms with E-state index in [1.54, 1.807) is 36.4 Å². The summed E-state index contributed by atoms with van der Waals surface area (Å²) in [7, 11) is 0. The molecular formula is C19H14ClF3N4OS. The molecule has 0 aliphatic carbocycles. The number of halogens is 4. The normalized spacial score (nSPS) is 16.5. The zero-order valence-corrected chi connectivity index (χ0v) is 16.6. The molecule has 1 atom stereocenters. The maximum absolute atomic E-state index is 13.9. The van der Waals surface area contributed by atoms with Gasteiger partial charge in [0.05, 0.1) is 10.5 Å². The molecular weight excluding hydrogens is 425 g/mol. The van der Waals surface area contributed by atoms with Gasteiger partial charge in [-0.3, -0.25) is 4.79 Å². The third-order valence-electron chi connectivity index (χ3n) is 4.54. The Morgan fingerprint density at radius 3 is 2.59 bits per heavy atom. The summed E-state index contributed by atoms with van der Waals surface area (Å²) in [6.07, 6.45) is -2.94. The third-order valence-corrected chi connectivity index (χ3v) is 6.03. The molecule has 1 aliphatic heterocycles. The first-order valence-electron chi connectivity index (χ1n) is 8.66. The van der Waals surface area contributed by atoms with E-state index in [0.717, 1.165) is 11.2 Å². The summed E-state index contributed by atoms with van der Waals surface area (Å²) in [5, 5.41) is 6.74. The lowest BCUT2D eigenvalue weighted by molar-refractivity contribution is -0.0918. The third kappa shape index (κ3) is 3.56. The standard InChI is InChI=1S/C19H14ClF3N4OS/c1-2-12-7-8-13(29-12)16(28)14-15(10-3-5-11(20)6-4-10)27-18(24-9-25-27)26-17(14)19(21,22)23/h3-9,15H,2H2,1H3,(H,24,25,26)/t15-/m0/s1. The minimum Gasteiger partial charge on any atom is -0.320 e. The molecule has 10 heteroatoms. The van der Waals surface area contributed by atoms with Crippen molar-refractivity contribution in [2.75, 3.05) is 5.32 Å². The van der Waals surface area contributed by atoms with E-state index in [1.165, 1.54) is 16.0 Å². The first-order valence-corrected chi connectivity index (χ1v) is 9.85. The number of nitrogens with one attached hydrogen (secondary N) is 1. The number of anilines is 1. The van der Waals surface area contributed by atoms with Crippen molar-refractivity contribution in [2.45, 2.75) is 25.6 Å². The molecule has 3 heterocycles. The van der Waals surface area contributed by atoms with E-state index in [9.17, 15) is 18.0 Å². The van der Waals surface area contributed by atoms with Crippen LogP contribution in [0.1, 0.15) is 33.1 Å². The van der Waals surface area contributed by atoms with Crippen molar-refractivity contribution in [1.82, 2.24) is 14.8 Å². The lowest BCUT2D eigenvalue weighted by Crippen LogP contribution is -2.35. The van der Waals surface area contributed by atoms with E-state index >= 15 is 0 Å². The van der Waals surface area contributed by atoms with Gasteiger partial charge >= 0.3 is 6.18 Å². The van der Waals surface area contributed by atoms with Crippen molar-refractivity contribution in [2.24, 2.45) is 0 Å². The summed E-state index contributed by atoms with van der Waals surface area (Å²) in [5.41, 5.74) is -1.11. The zero-order valence-electron chi connectivity index (χ0n) is 15.0. The molecule has 0 saturated carbocycles. The van der Waals surface area contributed by atoms with Crippen molar-refractivity contribution in [1.29, 1.82) is 0 Å². The molecule has 1 N–H and O–H groups in total. The number of aryl methyl sites for hydroxylation is 1. The number of fused-ring (bicyclic) bond motifs is 1. The fourth-order valence-electron chi connectivity index (χ4n) is 3.20. The Morgan fingerprint density at radius 2 is 1.97 bits per heavy atom. The predicted molar refractivity (Wildman–Crippen MR) is 104 cm³/mol. The number of benzene rings is 1. The van der Waals surface area contributed by atoms with Crippen molar-refractivity contribution in [3.63, 3.8) is 0 Å². The first kappa shape index (κ1) is 19.7. The van der Waals surface area contributed by atoms with E-state index in [2.05, 4.69) is 15.4 Å². The number of rotatable bonds is 4. The summed E-state index contributed by atoms with van der Waals surface area (Å²) >= 11 is 7.13. The number of nitrogens with zero attached hydrogens (tertiary/aromatic N) is 3. The number of hydrogen-bond acceptors (Lipinski definition) is 5. The summed E-state index contributed by atoms with van der Waals surface area (Å²) in [5.74, 6) is -0.787. The molecule has 0 radical (unpaired) electrons. The van der Waals surface area contributed by atoms with Gasteiger partial charge < -0.3 is 5.32 Å². The van der Waals surface area contributed by atoms with Crippen molar-refractivity contribution in [3.05, 3.63) is 74.3 Å². The van der Waals surface area contributed by atoms with Crippen LogP contribution in [0.4, 0.5) is 19.1 Å². The highest BCUT2D eigenvalue weighted by Crippen LogP contribution is 2.42. The van der Waals surface area contributed by atoms with Crippen LogP contribution in [0.3, 0.4) is 0 Å². The van der Waals surface area contributed by atoms with Crippen molar-refractivity contribution < 1.29 is 18.0 Å². The van der Waals surface area contributed by atoms with E-state index < -0.39 is 29.3 Å². The van der Waals surface area contributed by atoms with Gasteiger partial charge in [0, 0.05) is 9.90 Å². The molecule has 4 rings (SSSR count). The Labute approximate surface area is 172 Å². The molecule has 0 unspecified atom stereocenters. The van der Waals surface area contributed by atoms with Crippen LogP contribution < -0.4 is 5.32 Å². The van der Waals surface area contributed by atoms with Crippen molar-refractivity contribution in [3.8, 4) is 0 Å². The van der Waals surface area contributed by atoms with E-state index in [4.69, 9.17) is 11.6 Å². The van der Waals surface area contributed by atoms with E-state index in [0.29, 0.717) is 17.0 Å².